The first kappa shape index (κ1) is 24.3. The van der Waals surface area contributed by atoms with Gasteiger partial charge in [0.1, 0.15) is 6.10 Å². The number of rotatable bonds is 5. The molecule has 0 aromatic heterocycles. The smallest absolute Gasteiger partial charge is 0.407 e. The molecule has 3 aliphatic rings. The van der Waals surface area contributed by atoms with Gasteiger partial charge < -0.3 is 25.0 Å². The minimum absolute atomic E-state index is 0.0867. The highest BCUT2D eigenvalue weighted by Gasteiger charge is 2.42. The molecule has 0 radical (unpaired) electrons. The second-order valence-electron chi connectivity index (χ2n) is 9.43. The summed E-state index contributed by atoms with van der Waals surface area (Å²) in [4.78, 5) is 42.1. The molecule has 10 nitrogen and oxygen atoms in total. The van der Waals surface area contributed by atoms with E-state index in [2.05, 4.69) is 10.2 Å². The Labute approximate surface area is 199 Å². The molecule has 0 bridgehead atoms. The Morgan fingerprint density at radius 2 is 1.68 bits per heavy atom. The number of aliphatic hydroxyl groups excluding tert-OH is 1. The van der Waals surface area contributed by atoms with E-state index in [1.807, 2.05) is 30.3 Å². The Morgan fingerprint density at radius 3 is 2.32 bits per heavy atom. The van der Waals surface area contributed by atoms with Gasteiger partial charge in [-0.15, -0.1) is 0 Å². The number of ether oxygens (including phenoxy) is 1. The molecule has 1 saturated heterocycles. The van der Waals surface area contributed by atoms with Gasteiger partial charge in [-0.2, -0.15) is 0 Å². The fraction of sp³-hybridized carbons (Fsp3) is 0.625. The highest BCUT2D eigenvalue weighted by Crippen LogP contribution is 2.33. The van der Waals surface area contributed by atoms with Crippen molar-refractivity contribution in [2.45, 2.75) is 56.8 Å². The fourth-order valence-electron chi connectivity index (χ4n) is 5.41. The molecule has 0 spiro atoms. The predicted octanol–water partition coefficient (Wildman–Crippen LogP) is 1.27. The summed E-state index contributed by atoms with van der Waals surface area (Å²) < 4.78 is 5.33. The molecular weight excluding hydrogens is 440 g/mol. The van der Waals surface area contributed by atoms with Crippen LogP contribution in [0.15, 0.2) is 30.3 Å². The Balaban J connectivity index is 1.32. The average molecular weight is 475 g/mol. The molecule has 3 fully saturated rings. The molecular formula is C24H34N4O6. The van der Waals surface area contributed by atoms with E-state index in [9.17, 15) is 24.7 Å². The number of hydrogen-bond donors (Lipinski definition) is 4. The van der Waals surface area contributed by atoms with Crippen LogP contribution in [-0.2, 0) is 14.3 Å². The fourth-order valence-corrected chi connectivity index (χ4v) is 5.41. The summed E-state index contributed by atoms with van der Waals surface area (Å²) in [6.45, 7) is 2.55. The number of hydrogen-bond acceptors (Lipinski definition) is 7. The van der Waals surface area contributed by atoms with E-state index in [4.69, 9.17) is 4.74 Å². The first-order chi connectivity index (χ1) is 16.5. The molecule has 1 aromatic carbocycles. The largest absolute Gasteiger partial charge is 0.443 e. The van der Waals surface area contributed by atoms with Crippen LogP contribution in [0.2, 0.25) is 0 Å². The van der Waals surface area contributed by atoms with Crippen LogP contribution in [0.4, 0.5) is 10.5 Å². The van der Waals surface area contributed by atoms with E-state index >= 15 is 0 Å². The number of carbonyl (C=O) groups excluding carboxylic acids is 3. The molecule has 1 aliphatic heterocycles. The van der Waals surface area contributed by atoms with Crippen LogP contribution in [0.3, 0.4) is 0 Å². The molecule has 5 atom stereocenters. The van der Waals surface area contributed by atoms with E-state index in [1.165, 1.54) is 0 Å². The van der Waals surface area contributed by atoms with Gasteiger partial charge in [0.25, 0.3) is 0 Å². The zero-order valence-electron chi connectivity index (χ0n) is 19.3. The predicted molar refractivity (Wildman–Crippen MR) is 123 cm³/mol. The number of alkyl carbamates (subject to hydrolysis) is 1. The SMILES string of the molecule is O=C(N[C@@H]1CC[C@H](C(=O)N2CCN(c3ccccc3)CC2)[C@@H](C(=O)NO)C1)O[C@@H]1CCC[C@H]1O. The number of aliphatic hydroxyl groups is 1. The third-order valence-electron chi connectivity index (χ3n) is 7.33. The van der Waals surface area contributed by atoms with E-state index in [-0.39, 0.29) is 18.4 Å². The third-order valence-corrected chi connectivity index (χ3v) is 7.33. The maximum atomic E-state index is 13.3. The van der Waals surface area contributed by atoms with Crippen molar-refractivity contribution >= 4 is 23.6 Å². The van der Waals surface area contributed by atoms with Gasteiger partial charge in [0.05, 0.1) is 12.0 Å². The van der Waals surface area contributed by atoms with Crippen molar-refractivity contribution in [3.8, 4) is 0 Å². The molecule has 1 heterocycles. The van der Waals surface area contributed by atoms with Gasteiger partial charge in [0.15, 0.2) is 0 Å². The lowest BCUT2D eigenvalue weighted by Crippen LogP contribution is -2.54. The summed E-state index contributed by atoms with van der Waals surface area (Å²) in [5, 5.41) is 21.9. The Morgan fingerprint density at radius 1 is 0.941 bits per heavy atom. The van der Waals surface area contributed by atoms with Crippen molar-refractivity contribution in [1.82, 2.24) is 15.7 Å². The van der Waals surface area contributed by atoms with Crippen molar-refractivity contribution in [2.24, 2.45) is 11.8 Å². The first-order valence-corrected chi connectivity index (χ1v) is 12.1. The van der Waals surface area contributed by atoms with Gasteiger partial charge in [0.2, 0.25) is 11.8 Å². The molecule has 0 unspecified atom stereocenters. The second kappa shape index (κ2) is 11.1. The third kappa shape index (κ3) is 5.61. The lowest BCUT2D eigenvalue weighted by Gasteiger charge is -2.40. The number of benzene rings is 1. The van der Waals surface area contributed by atoms with Gasteiger partial charge in [0, 0.05) is 43.8 Å². The lowest BCUT2D eigenvalue weighted by atomic mass is 9.75. The number of hydroxylamine groups is 1. The van der Waals surface area contributed by atoms with Crippen LogP contribution < -0.4 is 15.7 Å². The summed E-state index contributed by atoms with van der Waals surface area (Å²) in [6, 6.07) is 9.69. The maximum absolute atomic E-state index is 13.3. The monoisotopic (exact) mass is 474 g/mol. The number of amides is 3. The molecule has 186 valence electrons. The number of nitrogens with zero attached hydrogens (tertiary/aromatic N) is 2. The second-order valence-corrected chi connectivity index (χ2v) is 9.43. The normalized spacial score (nSPS) is 29.4. The van der Waals surface area contributed by atoms with E-state index in [0.29, 0.717) is 51.9 Å². The van der Waals surface area contributed by atoms with Gasteiger partial charge in [-0.25, -0.2) is 10.3 Å². The van der Waals surface area contributed by atoms with Crippen molar-refractivity contribution in [2.75, 3.05) is 31.1 Å². The average Bonchev–Trinajstić information content (AvgIpc) is 3.27. The van der Waals surface area contributed by atoms with Gasteiger partial charge in [-0.1, -0.05) is 18.2 Å². The minimum Gasteiger partial charge on any atom is -0.443 e. The summed E-state index contributed by atoms with van der Waals surface area (Å²) in [5.41, 5.74) is 2.82. The summed E-state index contributed by atoms with van der Waals surface area (Å²) in [5.74, 6) is -2.01. The molecule has 3 amide bonds. The minimum atomic E-state index is -0.749. The zero-order valence-corrected chi connectivity index (χ0v) is 19.3. The molecule has 4 rings (SSSR count). The standard InChI is InChI=1S/C24H34N4O6/c29-20-7-4-8-21(20)34-24(32)25-16-9-10-18(19(15-16)22(30)26-33)23(31)28-13-11-27(12-14-28)17-5-2-1-3-6-17/h1-3,5-6,16,18-21,29,33H,4,7-15H2,(H,25,32)(H,26,30)/t16-,18+,19+,20-,21-/m1/s1. The number of anilines is 1. The Hall–Kier alpha value is -2.85. The van der Waals surface area contributed by atoms with E-state index in [1.54, 1.807) is 10.4 Å². The van der Waals surface area contributed by atoms with Crippen LogP contribution in [0.5, 0.6) is 0 Å². The highest BCUT2D eigenvalue weighted by atomic mass is 16.6. The molecule has 2 saturated carbocycles. The molecule has 2 aliphatic carbocycles. The van der Waals surface area contributed by atoms with Gasteiger partial charge in [-0.3, -0.25) is 14.8 Å². The van der Waals surface area contributed by atoms with Gasteiger partial charge in [-0.05, 0) is 50.7 Å². The number of piperazine rings is 1. The van der Waals surface area contributed by atoms with Crippen molar-refractivity contribution < 1.29 is 29.4 Å². The zero-order chi connectivity index (χ0) is 24.1. The van der Waals surface area contributed by atoms with Crippen LogP contribution in [0.1, 0.15) is 38.5 Å². The molecule has 4 N–H and O–H groups in total. The molecule has 34 heavy (non-hydrogen) atoms. The number of para-hydroxylation sites is 1. The van der Waals surface area contributed by atoms with Crippen LogP contribution in [0, 0.1) is 11.8 Å². The van der Waals surface area contributed by atoms with Crippen LogP contribution >= 0.6 is 0 Å². The number of carbonyl (C=O) groups is 3. The molecule has 1 aromatic rings. The topological polar surface area (TPSA) is 131 Å². The van der Waals surface area contributed by atoms with Crippen molar-refractivity contribution in [3.63, 3.8) is 0 Å². The van der Waals surface area contributed by atoms with E-state index < -0.39 is 36.0 Å². The summed E-state index contributed by atoms with van der Waals surface area (Å²) in [7, 11) is 0. The summed E-state index contributed by atoms with van der Waals surface area (Å²) in [6.07, 6.45) is 1.45. The Kier molecular flexibility index (Phi) is 7.89. The molecule has 10 heteroatoms. The lowest BCUT2D eigenvalue weighted by molar-refractivity contribution is -0.147. The van der Waals surface area contributed by atoms with Crippen LogP contribution in [-0.4, -0.2) is 77.6 Å². The number of nitrogens with one attached hydrogen (secondary N) is 2. The highest BCUT2D eigenvalue weighted by molar-refractivity contribution is 5.87. The van der Waals surface area contributed by atoms with Crippen LogP contribution in [0.25, 0.3) is 0 Å². The van der Waals surface area contributed by atoms with Crippen molar-refractivity contribution in [1.29, 1.82) is 0 Å². The first-order valence-electron chi connectivity index (χ1n) is 12.1. The summed E-state index contributed by atoms with van der Waals surface area (Å²) >= 11 is 0. The quantitative estimate of drug-likeness (QED) is 0.373. The maximum Gasteiger partial charge on any atom is 0.407 e. The Bertz CT molecular complexity index is 860. The van der Waals surface area contributed by atoms with Crippen molar-refractivity contribution in [3.05, 3.63) is 30.3 Å². The van der Waals surface area contributed by atoms with Gasteiger partial charge >= 0.3 is 6.09 Å². The van der Waals surface area contributed by atoms with E-state index in [0.717, 1.165) is 12.1 Å².